The quantitative estimate of drug-likeness (QED) is 0.0929. The molecule has 2 heterocycles. The smallest absolute Gasteiger partial charge is 0.315 e. The molecule has 0 amide bonds. The van der Waals surface area contributed by atoms with Gasteiger partial charge < -0.3 is 24.2 Å². The van der Waals surface area contributed by atoms with Gasteiger partial charge in [-0.25, -0.2) is 0 Å². The zero-order valence-corrected chi connectivity index (χ0v) is 33.9. The lowest BCUT2D eigenvalue weighted by molar-refractivity contribution is -0.172. The SMILES string of the molecule is CCCCCCCCCCCCCCCCCC(=O)C[C@@H](CC(=O)OC(C)(C)C)C(=O)OC1=CC[C@@]2(O)[C@H]3Cc4ccc(C)c5c4[C@@]2(CCN3C)[C@H]1O5. The molecule has 1 saturated heterocycles. The summed E-state index contributed by atoms with van der Waals surface area (Å²) in [6.07, 6.45) is 21.8. The molecule has 5 rings (SSSR count). The number of ketones is 1. The summed E-state index contributed by atoms with van der Waals surface area (Å²) in [5.41, 5.74) is 0.683. The van der Waals surface area contributed by atoms with Crippen LogP contribution in [0.3, 0.4) is 0 Å². The van der Waals surface area contributed by atoms with Crippen LogP contribution in [0.5, 0.6) is 5.75 Å². The van der Waals surface area contributed by atoms with Gasteiger partial charge in [0.2, 0.25) is 0 Å². The summed E-state index contributed by atoms with van der Waals surface area (Å²) < 4.78 is 18.5. The number of hydrogen-bond acceptors (Lipinski definition) is 8. The highest BCUT2D eigenvalue weighted by atomic mass is 16.6. The number of Topliss-reactive ketones (excluding diaryl/α,β-unsaturated/α-hetero) is 1. The second-order valence-corrected chi connectivity index (χ2v) is 17.8. The number of rotatable bonds is 22. The Morgan fingerprint density at radius 2 is 1.53 bits per heavy atom. The van der Waals surface area contributed by atoms with Gasteiger partial charge in [-0.2, -0.15) is 0 Å². The van der Waals surface area contributed by atoms with Crippen LogP contribution >= 0.6 is 0 Å². The van der Waals surface area contributed by atoms with Crippen molar-refractivity contribution in [3.63, 3.8) is 0 Å². The third-order valence-electron chi connectivity index (χ3n) is 12.5. The molecule has 2 aliphatic heterocycles. The number of unbranched alkanes of at least 4 members (excludes halogenated alkanes) is 14. The summed E-state index contributed by atoms with van der Waals surface area (Å²) in [6.45, 7) is 10.4. The molecule has 1 aromatic rings. The first kappa shape index (κ1) is 41.5. The van der Waals surface area contributed by atoms with Crippen molar-refractivity contribution in [2.45, 2.75) is 198 Å². The number of carbonyl (C=O) groups is 3. The van der Waals surface area contributed by atoms with Gasteiger partial charge in [0, 0.05) is 30.9 Å². The molecule has 1 N–H and O–H groups in total. The van der Waals surface area contributed by atoms with Gasteiger partial charge in [0.15, 0.2) is 6.10 Å². The first-order chi connectivity index (χ1) is 25.3. The Bertz CT molecular complexity index is 1460. The number of aryl methyl sites for hydroxylation is 1. The highest BCUT2D eigenvalue weighted by Crippen LogP contribution is 2.64. The standard InChI is InChI=1S/C45H69NO7/c1-7-8-9-10-11-12-13-14-15-16-17-18-19-20-21-22-35(47)29-34(31-38(48)53-43(3,4)5)42(49)51-36-25-26-45(50)37-30-33-24-23-32(2)40-39(33)44(45,41(36)52-40)27-28-46(37)6/h23-25,34,37,41,50H,7-22,26-31H2,1-6H3/t34-,37+,41-,44-,45+/m0/s1. The van der Waals surface area contributed by atoms with E-state index in [9.17, 15) is 19.5 Å². The van der Waals surface area contributed by atoms with Crippen LogP contribution in [0.15, 0.2) is 24.0 Å². The van der Waals surface area contributed by atoms with Gasteiger partial charge in [0.1, 0.15) is 22.9 Å². The Morgan fingerprint density at radius 1 is 0.925 bits per heavy atom. The third kappa shape index (κ3) is 9.58. The number of aliphatic hydroxyl groups is 1. The maximum Gasteiger partial charge on any atom is 0.315 e. The highest BCUT2D eigenvalue weighted by molar-refractivity contribution is 5.87. The zero-order valence-electron chi connectivity index (χ0n) is 33.9. The van der Waals surface area contributed by atoms with Crippen molar-refractivity contribution in [3.05, 3.63) is 40.7 Å². The molecule has 2 bridgehead atoms. The summed E-state index contributed by atoms with van der Waals surface area (Å²) in [6, 6.07) is 4.13. The van der Waals surface area contributed by atoms with Crippen molar-refractivity contribution in [1.82, 2.24) is 4.90 Å². The monoisotopic (exact) mass is 736 g/mol. The Morgan fingerprint density at radius 3 is 2.13 bits per heavy atom. The topological polar surface area (TPSA) is 102 Å². The lowest BCUT2D eigenvalue weighted by Gasteiger charge is -2.61. The van der Waals surface area contributed by atoms with E-state index < -0.39 is 40.6 Å². The average Bonchev–Trinajstić information content (AvgIpc) is 3.46. The van der Waals surface area contributed by atoms with Crippen LogP contribution < -0.4 is 4.74 Å². The van der Waals surface area contributed by atoms with Crippen LogP contribution in [0, 0.1) is 12.8 Å². The second kappa shape index (κ2) is 18.3. The Hall–Kier alpha value is -2.71. The lowest BCUT2D eigenvalue weighted by Crippen LogP contribution is -2.74. The van der Waals surface area contributed by atoms with Crippen molar-refractivity contribution >= 4 is 17.7 Å². The zero-order chi connectivity index (χ0) is 38.2. The molecule has 8 heteroatoms. The number of likely N-dealkylation sites (tertiary alicyclic amines) is 1. The molecular formula is C45H69NO7. The van der Waals surface area contributed by atoms with E-state index in [4.69, 9.17) is 14.2 Å². The second-order valence-electron chi connectivity index (χ2n) is 17.8. The molecular weight excluding hydrogens is 666 g/mol. The van der Waals surface area contributed by atoms with Crippen molar-refractivity contribution in [2.75, 3.05) is 13.6 Å². The fourth-order valence-corrected chi connectivity index (χ4v) is 9.68. The van der Waals surface area contributed by atoms with E-state index in [1.54, 1.807) is 26.8 Å². The first-order valence-corrected chi connectivity index (χ1v) is 21.2. The first-order valence-electron chi connectivity index (χ1n) is 21.2. The van der Waals surface area contributed by atoms with E-state index in [1.165, 1.54) is 82.6 Å². The Labute approximate surface area is 319 Å². The van der Waals surface area contributed by atoms with Crippen LogP contribution in [-0.4, -0.2) is 64.7 Å². The van der Waals surface area contributed by atoms with E-state index >= 15 is 0 Å². The normalized spacial score (nSPS) is 24.9. The van der Waals surface area contributed by atoms with Gasteiger partial charge in [-0.1, -0.05) is 109 Å². The van der Waals surface area contributed by atoms with Crippen LogP contribution in [0.25, 0.3) is 0 Å². The molecule has 0 unspecified atom stereocenters. The summed E-state index contributed by atoms with van der Waals surface area (Å²) >= 11 is 0. The molecule has 53 heavy (non-hydrogen) atoms. The number of likely N-dealkylation sites (N-methyl/N-ethyl adjacent to an activating group) is 1. The molecule has 296 valence electrons. The molecule has 0 aromatic heterocycles. The summed E-state index contributed by atoms with van der Waals surface area (Å²) in [5.74, 6) is -1.00. The average molecular weight is 736 g/mol. The summed E-state index contributed by atoms with van der Waals surface area (Å²) in [4.78, 5) is 42.5. The van der Waals surface area contributed by atoms with E-state index in [0.29, 0.717) is 25.0 Å². The minimum absolute atomic E-state index is 0.0361. The minimum Gasteiger partial charge on any atom is -0.481 e. The van der Waals surface area contributed by atoms with Crippen molar-refractivity contribution in [1.29, 1.82) is 0 Å². The summed E-state index contributed by atoms with van der Waals surface area (Å²) in [5, 5.41) is 12.5. The maximum atomic E-state index is 14.0. The third-order valence-corrected chi connectivity index (χ3v) is 12.5. The van der Waals surface area contributed by atoms with Crippen LogP contribution in [0.4, 0.5) is 0 Å². The predicted octanol–water partition coefficient (Wildman–Crippen LogP) is 9.38. The van der Waals surface area contributed by atoms with Gasteiger partial charge in [-0.15, -0.1) is 0 Å². The van der Waals surface area contributed by atoms with Crippen LogP contribution in [-0.2, 0) is 35.7 Å². The van der Waals surface area contributed by atoms with Gasteiger partial charge in [-0.05, 0) is 77.8 Å². The van der Waals surface area contributed by atoms with Gasteiger partial charge >= 0.3 is 11.9 Å². The molecule has 1 spiro atoms. The maximum absolute atomic E-state index is 14.0. The molecule has 2 aliphatic carbocycles. The lowest BCUT2D eigenvalue weighted by atomic mass is 9.50. The molecule has 0 radical (unpaired) electrons. The molecule has 1 fully saturated rings. The summed E-state index contributed by atoms with van der Waals surface area (Å²) in [7, 11) is 2.07. The van der Waals surface area contributed by atoms with Crippen molar-refractivity contribution in [3.8, 4) is 5.75 Å². The number of benzene rings is 1. The number of hydrogen-bond donors (Lipinski definition) is 1. The van der Waals surface area contributed by atoms with Crippen LogP contribution in [0.2, 0.25) is 0 Å². The van der Waals surface area contributed by atoms with Crippen molar-refractivity contribution < 1.29 is 33.7 Å². The van der Waals surface area contributed by atoms with E-state index in [1.807, 2.05) is 6.92 Å². The molecule has 4 aliphatic rings. The van der Waals surface area contributed by atoms with Crippen molar-refractivity contribution in [2.24, 2.45) is 5.92 Å². The number of ether oxygens (including phenoxy) is 3. The highest BCUT2D eigenvalue weighted by Gasteiger charge is 2.71. The molecule has 8 nitrogen and oxygen atoms in total. The molecule has 0 saturated carbocycles. The van der Waals surface area contributed by atoms with Gasteiger partial charge in [0.25, 0.3) is 0 Å². The fourth-order valence-electron chi connectivity index (χ4n) is 9.68. The Balaban J connectivity index is 1.14. The predicted molar refractivity (Wildman–Crippen MR) is 209 cm³/mol. The fraction of sp³-hybridized carbons (Fsp3) is 0.756. The number of nitrogens with zero attached hydrogens (tertiary/aromatic N) is 1. The van der Waals surface area contributed by atoms with Gasteiger partial charge in [-0.3, -0.25) is 14.4 Å². The number of carbonyl (C=O) groups excluding carboxylic acids is 3. The number of esters is 2. The minimum atomic E-state index is -1.08. The van der Waals surface area contributed by atoms with E-state index in [2.05, 4.69) is 31.0 Å². The van der Waals surface area contributed by atoms with E-state index in [-0.39, 0.29) is 24.7 Å². The molecule has 1 aromatic carbocycles. The Kier molecular flexibility index (Phi) is 14.3. The largest absolute Gasteiger partial charge is 0.481 e. The van der Waals surface area contributed by atoms with E-state index in [0.717, 1.165) is 49.1 Å². The van der Waals surface area contributed by atoms with Gasteiger partial charge in [0.05, 0.1) is 23.4 Å². The number of piperidine rings is 1. The van der Waals surface area contributed by atoms with Crippen LogP contribution in [0.1, 0.15) is 173 Å². The molecule has 5 atom stereocenters.